The van der Waals surface area contributed by atoms with E-state index in [2.05, 4.69) is 5.32 Å². The molecule has 1 atom stereocenters. The van der Waals surface area contributed by atoms with Crippen LogP contribution in [0.15, 0.2) is 42.5 Å². The second-order valence-electron chi connectivity index (χ2n) is 4.46. The molecule has 0 spiro atoms. The van der Waals surface area contributed by atoms with Crippen molar-refractivity contribution in [3.63, 3.8) is 0 Å². The second kappa shape index (κ2) is 6.04. The third kappa shape index (κ3) is 3.36. The molecule has 0 saturated carbocycles. The van der Waals surface area contributed by atoms with E-state index in [0.717, 1.165) is 0 Å². The fourth-order valence-electron chi connectivity index (χ4n) is 1.89. The van der Waals surface area contributed by atoms with E-state index < -0.39 is 11.9 Å². The van der Waals surface area contributed by atoms with Crippen LogP contribution in [0.4, 0.5) is 5.69 Å². The number of carbonyl (C=O) groups is 1. The maximum absolute atomic E-state index is 11.6. The molecule has 0 saturated heterocycles. The third-order valence-corrected chi connectivity index (χ3v) is 3.02. The van der Waals surface area contributed by atoms with Crippen LogP contribution in [0.25, 0.3) is 0 Å². The summed E-state index contributed by atoms with van der Waals surface area (Å²) in [5, 5.41) is 21.8. The lowest BCUT2D eigenvalue weighted by Crippen LogP contribution is -2.27. The minimum atomic E-state index is -0.829. The molecule has 6 heteroatoms. The van der Waals surface area contributed by atoms with E-state index in [1.165, 1.54) is 18.2 Å². The molecule has 2 aromatic carbocycles. The average Bonchev–Trinajstić information content (AvgIpc) is 2.48. The van der Waals surface area contributed by atoms with Crippen molar-refractivity contribution in [2.24, 2.45) is 5.73 Å². The molecule has 0 fully saturated rings. The van der Waals surface area contributed by atoms with Crippen molar-refractivity contribution < 1.29 is 19.7 Å². The summed E-state index contributed by atoms with van der Waals surface area (Å²) in [5.41, 5.74) is 6.52. The first-order valence-corrected chi connectivity index (χ1v) is 6.23. The summed E-state index contributed by atoms with van der Waals surface area (Å²) in [5.74, 6) is -0.476. The van der Waals surface area contributed by atoms with Crippen LogP contribution in [0.2, 0.25) is 0 Å². The Bertz CT molecular complexity index is 641. The number of hydrogen-bond acceptors (Lipinski definition) is 5. The van der Waals surface area contributed by atoms with Crippen molar-refractivity contribution in [2.45, 2.75) is 6.04 Å². The monoisotopic (exact) mass is 288 g/mol. The summed E-state index contributed by atoms with van der Waals surface area (Å²) < 4.78 is 5.05. The minimum absolute atomic E-state index is 0.258. The van der Waals surface area contributed by atoms with E-state index in [-0.39, 0.29) is 11.5 Å². The third-order valence-electron chi connectivity index (χ3n) is 3.02. The van der Waals surface area contributed by atoms with Crippen LogP contribution in [0.5, 0.6) is 17.2 Å². The van der Waals surface area contributed by atoms with Gasteiger partial charge in [0.1, 0.15) is 11.8 Å². The number of carbonyl (C=O) groups excluding carboxylic acids is 1. The Morgan fingerprint density at radius 3 is 2.33 bits per heavy atom. The number of nitrogens with two attached hydrogens (primary N) is 1. The fraction of sp³-hybridized carbons (Fsp3) is 0.133. The highest BCUT2D eigenvalue weighted by molar-refractivity contribution is 5.84. The van der Waals surface area contributed by atoms with Crippen molar-refractivity contribution in [3.05, 3.63) is 48.0 Å². The first-order valence-electron chi connectivity index (χ1n) is 6.23. The number of hydrogen-bond donors (Lipinski definition) is 4. The van der Waals surface area contributed by atoms with Crippen molar-refractivity contribution in [1.29, 1.82) is 0 Å². The number of phenols is 2. The predicted octanol–water partition coefficient (Wildman–Crippen LogP) is 1.74. The van der Waals surface area contributed by atoms with E-state index in [9.17, 15) is 15.0 Å². The van der Waals surface area contributed by atoms with Gasteiger partial charge < -0.3 is 26.0 Å². The van der Waals surface area contributed by atoms with Crippen LogP contribution < -0.4 is 15.8 Å². The Labute approximate surface area is 121 Å². The van der Waals surface area contributed by atoms with Crippen LogP contribution >= 0.6 is 0 Å². The number of primary amides is 1. The lowest BCUT2D eigenvalue weighted by atomic mass is 10.1. The molecule has 2 aromatic rings. The molecule has 21 heavy (non-hydrogen) atoms. The van der Waals surface area contributed by atoms with Gasteiger partial charge in [0.05, 0.1) is 7.11 Å². The number of rotatable bonds is 5. The zero-order chi connectivity index (χ0) is 15.4. The smallest absolute Gasteiger partial charge is 0.244 e. The molecule has 1 unspecified atom stereocenters. The standard InChI is InChI=1S/C15H16N2O4/c1-21-11-5-3-10(4-6-11)17-14(15(16)20)9-2-7-12(18)13(19)8-9/h2-8,14,17-19H,1H3,(H2,16,20). The molecule has 5 N–H and O–H groups in total. The van der Waals surface area contributed by atoms with Crippen LogP contribution in [-0.2, 0) is 4.79 Å². The predicted molar refractivity (Wildman–Crippen MR) is 78.3 cm³/mol. The molecule has 0 bridgehead atoms. The van der Waals surface area contributed by atoms with Gasteiger partial charge in [-0.2, -0.15) is 0 Å². The van der Waals surface area contributed by atoms with Gasteiger partial charge in [0, 0.05) is 5.69 Å². The highest BCUT2D eigenvalue weighted by Crippen LogP contribution is 2.29. The maximum atomic E-state index is 11.6. The van der Waals surface area contributed by atoms with Crippen LogP contribution in [0, 0.1) is 0 Å². The Kier molecular flexibility index (Phi) is 4.18. The van der Waals surface area contributed by atoms with Crippen molar-refractivity contribution in [3.8, 4) is 17.2 Å². The van der Waals surface area contributed by atoms with Gasteiger partial charge in [-0.1, -0.05) is 6.07 Å². The quantitative estimate of drug-likeness (QED) is 0.627. The number of methoxy groups -OCH3 is 1. The van der Waals surface area contributed by atoms with Gasteiger partial charge in [0.15, 0.2) is 11.5 Å². The molecule has 110 valence electrons. The van der Waals surface area contributed by atoms with Gasteiger partial charge in [0.25, 0.3) is 0 Å². The van der Waals surface area contributed by atoms with Gasteiger partial charge in [0.2, 0.25) is 5.91 Å². The van der Waals surface area contributed by atoms with Crippen molar-refractivity contribution >= 4 is 11.6 Å². The molecule has 1 amide bonds. The molecule has 2 rings (SSSR count). The normalized spacial score (nSPS) is 11.7. The first-order chi connectivity index (χ1) is 10.0. The van der Waals surface area contributed by atoms with E-state index in [1.807, 2.05) is 0 Å². The SMILES string of the molecule is COc1ccc(NC(C(N)=O)c2ccc(O)c(O)c2)cc1. The molecule has 0 radical (unpaired) electrons. The van der Waals surface area contributed by atoms with Gasteiger partial charge in [-0.05, 0) is 42.0 Å². The molecule has 0 heterocycles. The van der Waals surface area contributed by atoms with E-state index in [0.29, 0.717) is 17.0 Å². The number of phenolic OH excluding ortho intramolecular Hbond substituents is 2. The highest BCUT2D eigenvalue weighted by atomic mass is 16.5. The molecule has 0 aliphatic carbocycles. The molecular weight excluding hydrogens is 272 g/mol. The van der Waals surface area contributed by atoms with Crippen molar-refractivity contribution in [2.75, 3.05) is 12.4 Å². The summed E-state index contributed by atoms with van der Waals surface area (Å²) in [4.78, 5) is 11.6. The summed E-state index contributed by atoms with van der Waals surface area (Å²) in [6.07, 6.45) is 0. The highest BCUT2D eigenvalue weighted by Gasteiger charge is 2.19. The molecule has 0 aliphatic heterocycles. The van der Waals surface area contributed by atoms with Gasteiger partial charge in [-0.15, -0.1) is 0 Å². The topological polar surface area (TPSA) is 105 Å². The number of benzene rings is 2. The van der Waals surface area contributed by atoms with Gasteiger partial charge >= 0.3 is 0 Å². The van der Waals surface area contributed by atoms with E-state index >= 15 is 0 Å². The molecule has 0 aliphatic rings. The Hall–Kier alpha value is -2.89. The van der Waals surface area contributed by atoms with E-state index in [4.69, 9.17) is 10.5 Å². The summed E-state index contributed by atoms with van der Waals surface area (Å²) in [7, 11) is 1.56. The van der Waals surface area contributed by atoms with Crippen LogP contribution in [0.1, 0.15) is 11.6 Å². The van der Waals surface area contributed by atoms with Crippen LogP contribution in [-0.4, -0.2) is 23.2 Å². The second-order valence-corrected chi connectivity index (χ2v) is 4.46. The number of nitrogens with one attached hydrogen (secondary N) is 1. The number of ether oxygens (including phenoxy) is 1. The minimum Gasteiger partial charge on any atom is -0.504 e. The van der Waals surface area contributed by atoms with Crippen LogP contribution in [0.3, 0.4) is 0 Å². The number of anilines is 1. The Morgan fingerprint density at radius 1 is 1.14 bits per heavy atom. The van der Waals surface area contributed by atoms with E-state index in [1.54, 1.807) is 31.4 Å². The largest absolute Gasteiger partial charge is 0.504 e. The number of aromatic hydroxyl groups is 2. The zero-order valence-electron chi connectivity index (χ0n) is 11.4. The summed E-state index contributed by atoms with van der Waals surface area (Å²) in [6, 6.07) is 10.3. The lowest BCUT2D eigenvalue weighted by molar-refractivity contribution is -0.118. The lowest BCUT2D eigenvalue weighted by Gasteiger charge is -2.17. The number of amides is 1. The van der Waals surface area contributed by atoms with Gasteiger partial charge in [-0.25, -0.2) is 0 Å². The summed E-state index contributed by atoms with van der Waals surface area (Å²) in [6.45, 7) is 0. The molecule has 0 aromatic heterocycles. The maximum Gasteiger partial charge on any atom is 0.244 e. The molecular formula is C15H16N2O4. The van der Waals surface area contributed by atoms with Crippen molar-refractivity contribution in [1.82, 2.24) is 0 Å². The molecule has 6 nitrogen and oxygen atoms in total. The van der Waals surface area contributed by atoms with Gasteiger partial charge in [-0.3, -0.25) is 4.79 Å². The fourth-order valence-corrected chi connectivity index (χ4v) is 1.89. The Morgan fingerprint density at radius 2 is 1.81 bits per heavy atom. The summed E-state index contributed by atoms with van der Waals surface area (Å²) >= 11 is 0. The first kappa shape index (κ1) is 14.5. The Balaban J connectivity index is 2.26. The zero-order valence-corrected chi connectivity index (χ0v) is 11.4. The average molecular weight is 288 g/mol.